The number of amides is 2. The number of benzene rings is 1. The van der Waals surface area contributed by atoms with Crippen LogP contribution in [0.4, 0.5) is 9.59 Å². The number of ether oxygens (including phenoxy) is 2. The van der Waals surface area contributed by atoms with E-state index in [0.29, 0.717) is 5.06 Å². The largest absolute Gasteiger partial charge is 0.534 e. The van der Waals surface area contributed by atoms with E-state index in [9.17, 15) is 14.4 Å². The number of carbonyl (C=O) groups excluding carboxylic acids is 3. The summed E-state index contributed by atoms with van der Waals surface area (Å²) < 4.78 is 10.6. The van der Waals surface area contributed by atoms with Gasteiger partial charge in [-0.2, -0.15) is 5.10 Å². The van der Waals surface area contributed by atoms with Gasteiger partial charge in [0.15, 0.2) is 0 Å². The molecule has 176 valence electrons. The Balaban J connectivity index is 2.62. The van der Waals surface area contributed by atoms with Crippen molar-refractivity contribution in [3.05, 3.63) is 33.8 Å². The molecule has 1 atom stereocenters. The lowest BCUT2D eigenvalue weighted by atomic mass is 9.90. The topological polar surface area (TPSA) is 97.7 Å². The molecule has 11 heteroatoms. The number of halogens is 2. The van der Waals surface area contributed by atoms with Crippen LogP contribution in [0, 0.1) is 0 Å². The van der Waals surface area contributed by atoms with E-state index >= 15 is 0 Å². The van der Waals surface area contributed by atoms with Gasteiger partial charge in [-0.05, 0) is 54.5 Å². The zero-order valence-electron chi connectivity index (χ0n) is 19.3. The minimum atomic E-state index is -1.93. The lowest BCUT2D eigenvalue weighted by molar-refractivity contribution is -0.176. The summed E-state index contributed by atoms with van der Waals surface area (Å²) in [6, 6.07) is 4.76. The molecule has 0 saturated heterocycles. The van der Waals surface area contributed by atoms with E-state index in [0.717, 1.165) is 5.01 Å². The molecule has 0 aromatic heterocycles. The number of hydrogen-bond acceptors (Lipinski definition) is 7. The summed E-state index contributed by atoms with van der Waals surface area (Å²) in [5.41, 5.74) is -3.49. The molecule has 2 rings (SSSR count). The van der Waals surface area contributed by atoms with Crippen molar-refractivity contribution in [1.29, 1.82) is 0 Å². The molecule has 1 aliphatic heterocycles. The molecule has 0 spiro atoms. The molecule has 0 saturated carbocycles. The van der Waals surface area contributed by atoms with Gasteiger partial charge in [0.2, 0.25) is 5.54 Å². The Bertz CT molecular complexity index is 967. The van der Waals surface area contributed by atoms with Crippen LogP contribution >= 0.6 is 23.2 Å². The van der Waals surface area contributed by atoms with Crippen LogP contribution in [-0.2, 0) is 19.1 Å². The minimum Gasteiger partial charge on any atom is -0.442 e. The predicted molar refractivity (Wildman–Crippen MR) is 120 cm³/mol. The second-order valence-corrected chi connectivity index (χ2v) is 10.1. The minimum absolute atomic E-state index is 0.0342. The molecule has 2 amide bonds. The highest BCUT2D eigenvalue weighted by molar-refractivity contribution is 6.45. The quantitative estimate of drug-likeness (QED) is 0.428. The molecule has 1 aliphatic rings. The predicted octanol–water partition coefficient (Wildman–Crippen LogP) is 5.03. The first kappa shape index (κ1) is 25.7. The van der Waals surface area contributed by atoms with Crippen molar-refractivity contribution in [1.82, 2.24) is 10.1 Å². The summed E-state index contributed by atoms with van der Waals surface area (Å²) in [4.78, 5) is 44.1. The first-order valence-electron chi connectivity index (χ1n) is 9.73. The van der Waals surface area contributed by atoms with Gasteiger partial charge in [-0.15, -0.1) is 5.06 Å². The first-order valence-corrected chi connectivity index (χ1v) is 10.5. The Morgan fingerprint density at radius 2 is 1.62 bits per heavy atom. The molecule has 1 unspecified atom stereocenters. The van der Waals surface area contributed by atoms with Gasteiger partial charge >= 0.3 is 12.2 Å². The van der Waals surface area contributed by atoms with Crippen LogP contribution < -0.4 is 0 Å². The normalized spacial score (nSPS) is 18.9. The number of likely N-dealkylation sites (N-methyl/N-ethyl adjacent to an activating group) is 1. The van der Waals surface area contributed by atoms with E-state index < -0.39 is 34.9 Å². The van der Waals surface area contributed by atoms with Crippen LogP contribution in [0.15, 0.2) is 23.3 Å². The fourth-order valence-corrected chi connectivity index (χ4v) is 3.24. The van der Waals surface area contributed by atoms with Gasteiger partial charge in [0.05, 0.1) is 10.0 Å². The van der Waals surface area contributed by atoms with Gasteiger partial charge in [-0.3, -0.25) is 9.63 Å². The van der Waals surface area contributed by atoms with Crippen molar-refractivity contribution in [2.45, 2.75) is 65.2 Å². The average Bonchev–Trinajstić information content (AvgIpc) is 2.84. The smallest absolute Gasteiger partial charge is 0.442 e. The van der Waals surface area contributed by atoms with Crippen LogP contribution in [0.1, 0.15) is 54.0 Å². The lowest BCUT2D eigenvalue weighted by Crippen LogP contribution is -2.61. The van der Waals surface area contributed by atoms with E-state index in [1.54, 1.807) is 59.7 Å². The second kappa shape index (κ2) is 8.78. The van der Waals surface area contributed by atoms with Gasteiger partial charge in [-0.1, -0.05) is 35.3 Å². The third-order valence-electron chi connectivity index (χ3n) is 4.15. The molecule has 32 heavy (non-hydrogen) atoms. The van der Waals surface area contributed by atoms with Crippen molar-refractivity contribution in [2.75, 3.05) is 7.05 Å². The Hall–Kier alpha value is -2.52. The summed E-state index contributed by atoms with van der Waals surface area (Å²) in [7, 11) is 1.40. The Labute approximate surface area is 197 Å². The van der Waals surface area contributed by atoms with E-state index in [4.69, 9.17) is 37.5 Å². The van der Waals surface area contributed by atoms with Crippen LogP contribution in [0.3, 0.4) is 0 Å². The van der Waals surface area contributed by atoms with Crippen molar-refractivity contribution >= 4 is 47.1 Å². The Kier molecular flexibility index (Phi) is 7.07. The standard InChI is InChI=1S/C21H27Cl2N3O6/c1-19(2,3)30-17(28)26(32-18(29)31-20(4,5)6)21(7)15(24-25(8)16(21)27)12-10-9-11-13(22)14(12)23/h9-11H,1-8H3. The van der Waals surface area contributed by atoms with Gasteiger partial charge in [0.25, 0.3) is 5.91 Å². The van der Waals surface area contributed by atoms with E-state index in [2.05, 4.69) is 5.10 Å². The summed E-state index contributed by atoms with van der Waals surface area (Å²) in [5, 5.41) is 6.12. The molecule has 9 nitrogen and oxygen atoms in total. The van der Waals surface area contributed by atoms with Gasteiger partial charge < -0.3 is 9.47 Å². The molecule has 1 aromatic carbocycles. The first-order chi connectivity index (χ1) is 14.5. The number of nitrogens with zero attached hydrogens (tertiary/aromatic N) is 3. The third-order valence-corrected chi connectivity index (χ3v) is 4.97. The van der Waals surface area contributed by atoms with Crippen LogP contribution in [-0.4, -0.2) is 57.7 Å². The molecule has 1 heterocycles. The summed E-state index contributed by atoms with van der Waals surface area (Å²) >= 11 is 12.5. The van der Waals surface area contributed by atoms with E-state index in [-0.39, 0.29) is 21.3 Å². The highest BCUT2D eigenvalue weighted by Gasteiger charge is 2.57. The fraction of sp³-hybridized carbons (Fsp3) is 0.524. The number of carbonyl (C=O) groups is 3. The zero-order chi connectivity index (χ0) is 24.6. The fourth-order valence-electron chi connectivity index (χ4n) is 2.85. The van der Waals surface area contributed by atoms with Gasteiger partial charge in [0.1, 0.15) is 16.9 Å². The molecule has 0 fully saturated rings. The van der Waals surface area contributed by atoms with Crippen molar-refractivity contribution in [2.24, 2.45) is 5.10 Å². The lowest BCUT2D eigenvalue weighted by Gasteiger charge is -2.36. The van der Waals surface area contributed by atoms with Crippen LogP contribution in [0.2, 0.25) is 10.0 Å². The highest BCUT2D eigenvalue weighted by Crippen LogP contribution is 2.36. The maximum atomic E-state index is 13.2. The number of hydroxylamine groups is 2. The number of hydrogen-bond donors (Lipinski definition) is 0. The number of hydrazone groups is 1. The molecule has 0 N–H and O–H groups in total. The van der Waals surface area contributed by atoms with Gasteiger partial charge in [-0.25, -0.2) is 14.6 Å². The monoisotopic (exact) mass is 487 g/mol. The summed E-state index contributed by atoms with van der Waals surface area (Å²) in [6.07, 6.45) is -2.30. The molecular formula is C21H27Cl2N3O6. The van der Waals surface area contributed by atoms with E-state index in [1.807, 2.05) is 0 Å². The third kappa shape index (κ3) is 5.45. The van der Waals surface area contributed by atoms with Crippen molar-refractivity contribution < 1.29 is 28.7 Å². The maximum Gasteiger partial charge on any atom is 0.534 e. The second-order valence-electron chi connectivity index (χ2n) is 9.28. The van der Waals surface area contributed by atoms with Crippen molar-refractivity contribution in [3.63, 3.8) is 0 Å². The summed E-state index contributed by atoms with van der Waals surface area (Å²) in [6.45, 7) is 11.1. The van der Waals surface area contributed by atoms with E-state index in [1.165, 1.54) is 14.0 Å². The molecular weight excluding hydrogens is 461 g/mol. The number of rotatable bonds is 2. The van der Waals surface area contributed by atoms with Gasteiger partial charge in [0, 0.05) is 12.6 Å². The zero-order valence-corrected chi connectivity index (χ0v) is 20.8. The maximum absolute atomic E-state index is 13.2. The SMILES string of the molecule is CN1N=C(c2cccc(Cl)c2Cl)C(C)(N(OC(=O)OC(C)(C)C)C(=O)OC(C)(C)C)C1=O. The molecule has 0 bridgehead atoms. The average molecular weight is 488 g/mol. The Morgan fingerprint density at radius 1 is 1.06 bits per heavy atom. The molecule has 0 aliphatic carbocycles. The molecule has 1 aromatic rings. The highest BCUT2D eigenvalue weighted by atomic mass is 35.5. The van der Waals surface area contributed by atoms with Crippen LogP contribution in [0.5, 0.6) is 0 Å². The summed E-state index contributed by atoms with van der Waals surface area (Å²) in [5.74, 6) is -0.669. The van der Waals surface area contributed by atoms with Crippen molar-refractivity contribution in [3.8, 4) is 0 Å². The molecule has 0 radical (unpaired) electrons. The Morgan fingerprint density at radius 3 is 2.16 bits per heavy atom. The van der Waals surface area contributed by atoms with Crippen LogP contribution in [0.25, 0.3) is 0 Å².